The zero-order chi connectivity index (χ0) is 18.5. The predicted octanol–water partition coefficient (Wildman–Crippen LogP) is 3.72. The number of nitrogens with zero attached hydrogens (tertiary/aromatic N) is 4. The van der Waals surface area contributed by atoms with Crippen LogP contribution < -0.4 is 5.32 Å². The Morgan fingerprint density at radius 3 is 2.56 bits per heavy atom. The number of terminal acetylenes is 1. The second-order valence-corrected chi connectivity index (χ2v) is 6.05. The molecular weight excluding hydrogens is 334 g/mol. The lowest BCUT2D eigenvalue weighted by molar-refractivity contribution is 0.994. The molecule has 27 heavy (non-hydrogen) atoms. The lowest BCUT2D eigenvalue weighted by Gasteiger charge is -2.11. The predicted molar refractivity (Wildman–Crippen MR) is 107 cm³/mol. The Morgan fingerprint density at radius 2 is 1.81 bits per heavy atom. The van der Waals surface area contributed by atoms with Gasteiger partial charge in [0.2, 0.25) is 0 Å². The highest BCUT2D eigenvalue weighted by molar-refractivity contribution is 5.91. The average molecular weight is 351 g/mol. The molecule has 0 aliphatic heterocycles. The maximum absolute atomic E-state index is 5.56. The van der Waals surface area contributed by atoms with Crippen molar-refractivity contribution in [2.75, 3.05) is 11.9 Å². The van der Waals surface area contributed by atoms with Crippen LogP contribution in [0, 0.1) is 12.3 Å². The maximum atomic E-state index is 5.56. The smallest absolute Gasteiger partial charge is 0.163 e. The van der Waals surface area contributed by atoms with Crippen molar-refractivity contribution in [3.63, 3.8) is 0 Å². The molecule has 5 heteroatoms. The second kappa shape index (κ2) is 7.63. The van der Waals surface area contributed by atoms with Crippen molar-refractivity contribution in [3.8, 4) is 23.7 Å². The van der Waals surface area contributed by atoms with Crippen LogP contribution in [0.1, 0.15) is 11.1 Å². The van der Waals surface area contributed by atoms with Crippen LogP contribution in [0.2, 0.25) is 0 Å². The molecule has 0 saturated carbocycles. The van der Waals surface area contributed by atoms with Crippen LogP contribution in [-0.2, 0) is 6.42 Å². The Hall–Kier alpha value is -3.78. The molecule has 3 heterocycles. The van der Waals surface area contributed by atoms with Gasteiger partial charge in [0.05, 0.1) is 5.52 Å². The highest BCUT2D eigenvalue weighted by atomic mass is 15.0. The Balaban J connectivity index is 1.70. The average Bonchev–Trinajstić information content (AvgIpc) is 2.74. The lowest BCUT2D eigenvalue weighted by Crippen LogP contribution is -2.08. The van der Waals surface area contributed by atoms with Gasteiger partial charge in [-0.15, -0.1) is 6.42 Å². The Bertz CT molecular complexity index is 1100. The largest absolute Gasteiger partial charge is 0.369 e. The van der Waals surface area contributed by atoms with E-state index in [-0.39, 0.29) is 0 Å². The van der Waals surface area contributed by atoms with Gasteiger partial charge in [-0.2, -0.15) is 0 Å². The monoisotopic (exact) mass is 351 g/mol. The van der Waals surface area contributed by atoms with Crippen molar-refractivity contribution in [1.82, 2.24) is 19.9 Å². The molecule has 0 radical (unpaired) electrons. The van der Waals surface area contributed by atoms with Crippen LogP contribution >= 0.6 is 0 Å². The summed E-state index contributed by atoms with van der Waals surface area (Å²) in [5, 5.41) is 4.34. The molecule has 0 bridgehead atoms. The SMILES string of the molecule is C#Cc1ccc2nc(-c3cccnc3)nc(NCCc3cccnc3)c2c1. The first-order valence-electron chi connectivity index (χ1n) is 8.65. The van der Waals surface area contributed by atoms with E-state index in [4.69, 9.17) is 11.4 Å². The number of hydrogen-bond donors (Lipinski definition) is 1. The van der Waals surface area contributed by atoms with Gasteiger partial charge in [-0.3, -0.25) is 9.97 Å². The molecule has 0 atom stereocenters. The van der Waals surface area contributed by atoms with E-state index >= 15 is 0 Å². The maximum Gasteiger partial charge on any atom is 0.163 e. The number of pyridine rings is 2. The highest BCUT2D eigenvalue weighted by Crippen LogP contribution is 2.25. The first-order chi connectivity index (χ1) is 13.3. The van der Waals surface area contributed by atoms with Crippen molar-refractivity contribution < 1.29 is 0 Å². The third kappa shape index (κ3) is 3.75. The molecular formula is C22H17N5. The minimum atomic E-state index is 0.632. The molecule has 130 valence electrons. The van der Waals surface area contributed by atoms with Crippen LogP contribution in [-0.4, -0.2) is 26.5 Å². The Labute approximate surface area is 157 Å². The molecule has 4 rings (SSSR count). The van der Waals surface area contributed by atoms with Crippen LogP contribution in [0.15, 0.2) is 67.3 Å². The second-order valence-electron chi connectivity index (χ2n) is 6.05. The van der Waals surface area contributed by atoms with Crippen LogP contribution in [0.5, 0.6) is 0 Å². The molecule has 0 aliphatic carbocycles. The van der Waals surface area contributed by atoms with E-state index in [1.807, 2.05) is 42.6 Å². The van der Waals surface area contributed by atoms with Gasteiger partial charge in [0.25, 0.3) is 0 Å². The van der Waals surface area contributed by atoms with Crippen molar-refractivity contribution in [1.29, 1.82) is 0 Å². The van der Waals surface area contributed by atoms with Crippen LogP contribution in [0.3, 0.4) is 0 Å². The number of hydrogen-bond acceptors (Lipinski definition) is 5. The Kier molecular flexibility index (Phi) is 4.71. The van der Waals surface area contributed by atoms with Gasteiger partial charge in [0.15, 0.2) is 5.82 Å². The molecule has 0 amide bonds. The highest BCUT2D eigenvalue weighted by Gasteiger charge is 2.10. The number of benzene rings is 1. The van der Waals surface area contributed by atoms with Gasteiger partial charge in [0.1, 0.15) is 5.82 Å². The first kappa shape index (κ1) is 16.7. The topological polar surface area (TPSA) is 63.6 Å². The molecule has 1 N–H and O–H groups in total. The number of nitrogens with one attached hydrogen (secondary N) is 1. The van der Waals surface area contributed by atoms with Crippen molar-refractivity contribution in [3.05, 3.63) is 78.4 Å². The first-order valence-corrected chi connectivity index (χ1v) is 8.65. The zero-order valence-electron chi connectivity index (χ0n) is 14.6. The van der Waals surface area contributed by atoms with Gasteiger partial charge in [-0.25, -0.2) is 9.97 Å². The number of anilines is 1. The number of rotatable bonds is 5. The standard InChI is InChI=1S/C22H17N5/c1-2-16-7-8-20-19(13-16)22(25-12-9-17-5-3-10-23-14-17)27-21(26-20)18-6-4-11-24-15-18/h1,3-8,10-11,13-15H,9,12H2,(H,25,26,27). The van der Waals surface area contributed by atoms with Crippen molar-refractivity contribution >= 4 is 16.7 Å². The van der Waals surface area contributed by atoms with E-state index in [0.29, 0.717) is 5.82 Å². The van der Waals surface area contributed by atoms with Gasteiger partial charge in [0, 0.05) is 47.8 Å². The quantitative estimate of drug-likeness (QED) is 0.555. The van der Waals surface area contributed by atoms with E-state index < -0.39 is 0 Å². The number of fused-ring (bicyclic) bond motifs is 1. The van der Waals surface area contributed by atoms with Crippen LogP contribution in [0.4, 0.5) is 5.82 Å². The molecule has 0 spiro atoms. The molecule has 0 fully saturated rings. The van der Waals surface area contributed by atoms with Crippen LogP contribution in [0.25, 0.3) is 22.3 Å². The fourth-order valence-electron chi connectivity index (χ4n) is 2.85. The summed E-state index contributed by atoms with van der Waals surface area (Å²) in [6.45, 7) is 0.727. The fourth-order valence-corrected chi connectivity index (χ4v) is 2.85. The van der Waals surface area contributed by atoms with Crippen molar-refractivity contribution in [2.45, 2.75) is 6.42 Å². The molecule has 4 aromatic rings. The summed E-state index contributed by atoms with van der Waals surface area (Å²) in [5.74, 6) is 4.07. The fraction of sp³-hybridized carbons (Fsp3) is 0.0909. The molecule has 3 aromatic heterocycles. The molecule has 1 aromatic carbocycles. The molecule has 5 nitrogen and oxygen atoms in total. The third-order valence-corrected chi connectivity index (χ3v) is 4.21. The van der Waals surface area contributed by atoms with Gasteiger partial charge in [-0.05, 0) is 48.4 Å². The molecule has 0 aliphatic rings. The zero-order valence-corrected chi connectivity index (χ0v) is 14.6. The summed E-state index contributed by atoms with van der Waals surface area (Å²) in [7, 11) is 0. The van der Waals surface area contributed by atoms with Crippen molar-refractivity contribution in [2.24, 2.45) is 0 Å². The summed E-state index contributed by atoms with van der Waals surface area (Å²) in [5.41, 5.74) is 3.68. The summed E-state index contributed by atoms with van der Waals surface area (Å²) in [4.78, 5) is 17.7. The van der Waals surface area contributed by atoms with Gasteiger partial charge >= 0.3 is 0 Å². The van der Waals surface area contributed by atoms with E-state index in [0.717, 1.165) is 40.8 Å². The minimum absolute atomic E-state index is 0.632. The van der Waals surface area contributed by atoms with Gasteiger partial charge < -0.3 is 5.32 Å². The third-order valence-electron chi connectivity index (χ3n) is 4.21. The summed E-state index contributed by atoms with van der Waals surface area (Å²) in [6.07, 6.45) is 13.5. The molecule has 0 saturated heterocycles. The van der Waals surface area contributed by atoms with E-state index in [9.17, 15) is 0 Å². The Morgan fingerprint density at radius 1 is 0.963 bits per heavy atom. The minimum Gasteiger partial charge on any atom is -0.369 e. The molecule has 0 unspecified atom stereocenters. The number of aromatic nitrogens is 4. The van der Waals surface area contributed by atoms with E-state index in [1.54, 1.807) is 18.6 Å². The van der Waals surface area contributed by atoms with Gasteiger partial charge in [-0.1, -0.05) is 12.0 Å². The lowest BCUT2D eigenvalue weighted by atomic mass is 10.1. The van der Waals surface area contributed by atoms with E-state index in [1.165, 1.54) is 5.56 Å². The summed E-state index contributed by atoms with van der Waals surface area (Å²) < 4.78 is 0. The normalized spacial score (nSPS) is 10.5. The summed E-state index contributed by atoms with van der Waals surface area (Å²) >= 11 is 0. The summed E-state index contributed by atoms with van der Waals surface area (Å²) in [6, 6.07) is 13.6. The van der Waals surface area contributed by atoms with E-state index in [2.05, 4.69) is 32.3 Å².